The molecular formula is C23H25NO2S. The van der Waals surface area contributed by atoms with E-state index >= 15 is 0 Å². The standard InChI is InChI=1S/C23H25NO2S/c1-2-26-22(25)10-8-18-15-20-21(27-18)9-7-16-5-3-4-6-19(16)23(20)17-11-13-24-14-12-17/h3-6,8,10,15,24H,2,7,9,11-14H2,1H3. The fourth-order valence-electron chi connectivity index (χ4n) is 4.00. The van der Waals surface area contributed by atoms with Gasteiger partial charge in [-0.25, -0.2) is 4.79 Å². The van der Waals surface area contributed by atoms with Gasteiger partial charge < -0.3 is 10.1 Å². The minimum Gasteiger partial charge on any atom is -0.463 e. The quantitative estimate of drug-likeness (QED) is 0.625. The predicted molar refractivity (Wildman–Crippen MR) is 112 cm³/mol. The van der Waals surface area contributed by atoms with Crippen molar-refractivity contribution < 1.29 is 9.53 Å². The number of esters is 1. The lowest BCUT2D eigenvalue weighted by atomic mass is 9.88. The van der Waals surface area contributed by atoms with Crippen LogP contribution >= 0.6 is 11.3 Å². The summed E-state index contributed by atoms with van der Waals surface area (Å²) in [5.74, 6) is -0.275. The van der Waals surface area contributed by atoms with E-state index in [1.54, 1.807) is 23.0 Å². The summed E-state index contributed by atoms with van der Waals surface area (Å²) in [6, 6.07) is 11.1. The highest BCUT2D eigenvalue weighted by atomic mass is 32.1. The molecule has 1 aliphatic heterocycles. The number of carbonyl (C=O) groups excluding carboxylic acids is 1. The van der Waals surface area contributed by atoms with E-state index in [2.05, 4.69) is 35.6 Å². The smallest absolute Gasteiger partial charge is 0.330 e. The van der Waals surface area contributed by atoms with Crippen molar-refractivity contribution in [2.24, 2.45) is 0 Å². The number of rotatable bonds is 3. The molecular weight excluding hydrogens is 354 g/mol. The van der Waals surface area contributed by atoms with Gasteiger partial charge >= 0.3 is 5.97 Å². The molecule has 0 saturated carbocycles. The summed E-state index contributed by atoms with van der Waals surface area (Å²) < 4.78 is 5.01. The number of hydrogen-bond donors (Lipinski definition) is 1. The second kappa shape index (κ2) is 8.24. The third kappa shape index (κ3) is 3.92. The van der Waals surface area contributed by atoms with Crippen LogP contribution in [0.1, 0.15) is 46.2 Å². The Morgan fingerprint density at radius 2 is 1.96 bits per heavy atom. The molecule has 4 heteroatoms. The monoisotopic (exact) mass is 379 g/mol. The minimum absolute atomic E-state index is 0.275. The van der Waals surface area contributed by atoms with E-state index < -0.39 is 0 Å². The molecule has 1 aliphatic carbocycles. The average molecular weight is 380 g/mol. The Kier molecular flexibility index (Phi) is 5.55. The van der Waals surface area contributed by atoms with Gasteiger partial charge in [-0.05, 0) is 80.1 Å². The van der Waals surface area contributed by atoms with Gasteiger partial charge in [0, 0.05) is 15.8 Å². The molecule has 140 valence electrons. The highest BCUT2D eigenvalue weighted by molar-refractivity contribution is 7.13. The SMILES string of the molecule is CCOC(=O)C=Cc1cc2c(s1)CCc1ccccc1C2=C1CCNCC1. The van der Waals surface area contributed by atoms with Crippen LogP contribution in [0.3, 0.4) is 0 Å². The van der Waals surface area contributed by atoms with Crippen LogP contribution in [-0.4, -0.2) is 25.7 Å². The predicted octanol–water partition coefficient (Wildman–Crippen LogP) is 4.61. The number of thiophene rings is 1. The molecule has 3 nitrogen and oxygen atoms in total. The average Bonchev–Trinajstić information content (AvgIpc) is 3.03. The lowest BCUT2D eigenvalue weighted by molar-refractivity contribution is -0.137. The molecule has 0 atom stereocenters. The number of fused-ring (bicyclic) bond motifs is 2. The number of benzene rings is 1. The lowest BCUT2D eigenvalue weighted by Crippen LogP contribution is -2.23. The molecule has 1 aromatic heterocycles. The first-order valence-corrected chi connectivity index (χ1v) is 10.6. The molecule has 0 bridgehead atoms. The Balaban J connectivity index is 1.78. The van der Waals surface area contributed by atoms with Crippen molar-refractivity contribution in [1.29, 1.82) is 0 Å². The zero-order valence-corrected chi connectivity index (χ0v) is 16.5. The summed E-state index contributed by atoms with van der Waals surface area (Å²) in [6.45, 7) is 4.34. The number of aryl methyl sites for hydroxylation is 2. The van der Waals surface area contributed by atoms with Gasteiger partial charge in [-0.15, -0.1) is 11.3 Å². The molecule has 4 rings (SSSR count). The Hall–Kier alpha value is -2.17. The molecule has 27 heavy (non-hydrogen) atoms. The van der Waals surface area contributed by atoms with Crippen LogP contribution in [0.25, 0.3) is 11.6 Å². The van der Waals surface area contributed by atoms with Gasteiger partial charge in [0.25, 0.3) is 0 Å². The molecule has 2 heterocycles. The third-order valence-electron chi connectivity index (χ3n) is 5.24. The van der Waals surface area contributed by atoms with Crippen LogP contribution in [-0.2, 0) is 22.4 Å². The fourth-order valence-corrected chi connectivity index (χ4v) is 5.08. The van der Waals surface area contributed by atoms with Crippen LogP contribution in [0.4, 0.5) is 0 Å². The van der Waals surface area contributed by atoms with Crippen molar-refractivity contribution >= 4 is 29.0 Å². The largest absolute Gasteiger partial charge is 0.463 e. The molecule has 1 N–H and O–H groups in total. The zero-order valence-electron chi connectivity index (χ0n) is 15.7. The van der Waals surface area contributed by atoms with Crippen molar-refractivity contribution in [2.75, 3.05) is 19.7 Å². The van der Waals surface area contributed by atoms with Crippen LogP contribution < -0.4 is 5.32 Å². The van der Waals surface area contributed by atoms with Crippen molar-refractivity contribution in [3.8, 4) is 0 Å². The first-order chi connectivity index (χ1) is 13.3. The maximum atomic E-state index is 11.7. The second-order valence-electron chi connectivity index (χ2n) is 6.96. The molecule has 0 amide bonds. The van der Waals surface area contributed by atoms with E-state index in [1.165, 1.54) is 27.1 Å². The summed E-state index contributed by atoms with van der Waals surface area (Å²) >= 11 is 1.80. The van der Waals surface area contributed by atoms with Gasteiger partial charge in [0.2, 0.25) is 0 Å². The number of piperidine rings is 1. The maximum Gasteiger partial charge on any atom is 0.330 e. The summed E-state index contributed by atoms with van der Waals surface area (Å²) in [7, 11) is 0. The van der Waals surface area contributed by atoms with E-state index in [4.69, 9.17) is 4.74 Å². The van der Waals surface area contributed by atoms with Crippen molar-refractivity contribution in [2.45, 2.75) is 32.6 Å². The molecule has 0 radical (unpaired) electrons. The number of ether oxygens (including phenoxy) is 1. The van der Waals surface area contributed by atoms with Crippen molar-refractivity contribution in [1.82, 2.24) is 5.32 Å². The number of carbonyl (C=O) groups is 1. The van der Waals surface area contributed by atoms with Crippen LogP contribution in [0, 0.1) is 0 Å². The first-order valence-electron chi connectivity index (χ1n) is 9.75. The summed E-state index contributed by atoms with van der Waals surface area (Å²) in [4.78, 5) is 14.2. The number of nitrogens with one attached hydrogen (secondary N) is 1. The highest BCUT2D eigenvalue weighted by Gasteiger charge is 2.23. The van der Waals surface area contributed by atoms with Crippen molar-refractivity contribution in [3.05, 3.63) is 68.4 Å². The number of hydrogen-bond acceptors (Lipinski definition) is 4. The van der Waals surface area contributed by atoms with E-state index in [0.29, 0.717) is 6.61 Å². The molecule has 1 aromatic carbocycles. The Morgan fingerprint density at radius 3 is 2.78 bits per heavy atom. The van der Waals surface area contributed by atoms with Crippen LogP contribution in [0.2, 0.25) is 0 Å². The maximum absolute atomic E-state index is 11.7. The van der Waals surface area contributed by atoms with Gasteiger partial charge in [0.15, 0.2) is 0 Å². The van der Waals surface area contributed by atoms with E-state index in [9.17, 15) is 4.79 Å². The van der Waals surface area contributed by atoms with Crippen LogP contribution in [0.15, 0.2) is 42.0 Å². The third-order valence-corrected chi connectivity index (χ3v) is 6.40. The van der Waals surface area contributed by atoms with Gasteiger partial charge in [-0.3, -0.25) is 0 Å². The fraction of sp³-hybridized carbons (Fsp3) is 0.348. The van der Waals surface area contributed by atoms with E-state index in [1.807, 2.05) is 13.0 Å². The topological polar surface area (TPSA) is 38.3 Å². The lowest BCUT2D eigenvalue weighted by Gasteiger charge is -2.21. The van der Waals surface area contributed by atoms with E-state index in [-0.39, 0.29) is 5.97 Å². The molecule has 0 spiro atoms. The molecule has 2 aliphatic rings. The summed E-state index contributed by atoms with van der Waals surface area (Å²) in [5.41, 5.74) is 7.21. The summed E-state index contributed by atoms with van der Waals surface area (Å²) in [6.07, 6.45) is 7.77. The Labute approximate surface area is 164 Å². The van der Waals surface area contributed by atoms with Gasteiger partial charge in [-0.1, -0.05) is 29.8 Å². The Morgan fingerprint density at radius 1 is 1.15 bits per heavy atom. The normalized spacial score (nSPS) is 16.8. The van der Waals surface area contributed by atoms with E-state index in [0.717, 1.165) is 43.6 Å². The highest BCUT2D eigenvalue weighted by Crippen LogP contribution is 2.41. The minimum atomic E-state index is -0.275. The van der Waals surface area contributed by atoms with Gasteiger partial charge in [0.1, 0.15) is 0 Å². The van der Waals surface area contributed by atoms with Crippen LogP contribution in [0.5, 0.6) is 0 Å². The Bertz CT molecular complexity index is 899. The molecule has 1 saturated heterocycles. The van der Waals surface area contributed by atoms with Gasteiger partial charge in [-0.2, -0.15) is 0 Å². The second-order valence-corrected chi connectivity index (χ2v) is 8.13. The first kappa shape index (κ1) is 18.2. The molecule has 0 unspecified atom stereocenters. The summed E-state index contributed by atoms with van der Waals surface area (Å²) in [5, 5.41) is 3.47. The molecule has 1 fully saturated rings. The van der Waals surface area contributed by atoms with Crippen molar-refractivity contribution in [3.63, 3.8) is 0 Å². The molecule has 2 aromatic rings. The van der Waals surface area contributed by atoms with Gasteiger partial charge in [0.05, 0.1) is 6.61 Å². The zero-order chi connectivity index (χ0) is 18.6.